The Morgan fingerprint density at radius 1 is 0.659 bits per heavy atom. The predicted octanol–water partition coefficient (Wildman–Crippen LogP) is 3.05. The predicted molar refractivity (Wildman–Crippen MR) is 166 cm³/mol. The first-order valence-corrected chi connectivity index (χ1v) is 15.0. The summed E-state index contributed by atoms with van der Waals surface area (Å²) in [5.41, 5.74) is 1.69. The van der Waals surface area contributed by atoms with Gasteiger partial charge in [-0.2, -0.15) is 9.46 Å². The van der Waals surface area contributed by atoms with Crippen molar-refractivity contribution < 1.29 is 33.7 Å². The van der Waals surface area contributed by atoms with Gasteiger partial charge in [0.25, 0.3) is 0 Å². The molecule has 0 saturated carbocycles. The number of aromatic nitrogens is 2. The van der Waals surface area contributed by atoms with Gasteiger partial charge in [-0.15, -0.1) is 0 Å². The van der Waals surface area contributed by atoms with Crippen LogP contribution in [0.3, 0.4) is 0 Å². The Hall–Kier alpha value is -4.00. The molecule has 5 aromatic rings. The molecule has 3 heterocycles. The molecule has 44 heavy (non-hydrogen) atoms. The molecule has 11 nitrogen and oxygen atoms in total. The van der Waals surface area contributed by atoms with Gasteiger partial charge in [0.05, 0.1) is 72.5 Å². The van der Waals surface area contributed by atoms with Crippen LogP contribution in [-0.2, 0) is 18.9 Å². The highest BCUT2D eigenvalue weighted by Gasteiger charge is 2.18. The molecule has 0 spiro atoms. The third kappa shape index (κ3) is 6.28. The van der Waals surface area contributed by atoms with Crippen molar-refractivity contribution in [2.75, 3.05) is 59.5 Å². The number of hydrogen-bond donors (Lipinski definition) is 1. The summed E-state index contributed by atoms with van der Waals surface area (Å²) in [7, 11) is 0. The van der Waals surface area contributed by atoms with Crippen LogP contribution in [0.4, 0.5) is 0 Å². The van der Waals surface area contributed by atoms with Crippen molar-refractivity contribution in [3.63, 3.8) is 0 Å². The van der Waals surface area contributed by atoms with Gasteiger partial charge in [-0.25, -0.2) is 0 Å². The fourth-order valence-electron chi connectivity index (χ4n) is 5.51. The van der Waals surface area contributed by atoms with Gasteiger partial charge < -0.3 is 33.7 Å². The molecule has 0 bridgehead atoms. The SMILES string of the molecule is O=c1c2ccccc2n(OCCOCCO)c2cc3c(=O)c4ccccc4n(OCCOCCOC4CCCCO4)c3cc12. The molecule has 1 saturated heterocycles. The van der Waals surface area contributed by atoms with Crippen LogP contribution in [0, 0.1) is 0 Å². The van der Waals surface area contributed by atoms with Crippen LogP contribution < -0.4 is 20.5 Å². The first kappa shape index (κ1) is 30.0. The van der Waals surface area contributed by atoms with E-state index in [-0.39, 0.29) is 50.2 Å². The molecule has 1 fully saturated rings. The molecule has 1 aliphatic heterocycles. The molecule has 0 radical (unpaired) electrons. The number of fused-ring (bicyclic) bond motifs is 4. The highest BCUT2D eigenvalue weighted by molar-refractivity contribution is 6.03. The Bertz CT molecular complexity index is 1860. The van der Waals surface area contributed by atoms with Gasteiger partial charge in [-0.3, -0.25) is 9.59 Å². The largest absolute Gasteiger partial charge is 0.411 e. The van der Waals surface area contributed by atoms with Gasteiger partial charge in [-0.1, -0.05) is 24.3 Å². The van der Waals surface area contributed by atoms with E-state index in [2.05, 4.69) is 0 Å². The summed E-state index contributed by atoms with van der Waals surface area (Å²) in [5, 5.41) is 10.7. The highest BCUT2D eigenvalue weighted by atomic mass is 16.7. The van der Waals surface area contributed by atoms with Crippen LogP contribution in [0.5, 0.6) is 0 Å². The van der Waals surface area contributed by atoms with Crippen molar-refractivity contribution >= 4 is 43.6 Å². The smallest absolute Gasteiger partial charge is 0.197 e. The Labute approximate surface area is 252 Å². The van der Waals surface area contributed by atoms with Crippen molar-refractivity contribution in [1.82, 2.24) is 9.46 Å². The average molecular weight is 605 g/mol. The van der Waals surface area contributed by atoms with Gasteiger partial charge >= 0.3 is 0 Å². The number of aliphatic hydroxyl groups is 1. The zero-order valence-electron chi connectivity index (χ0n) is 24.4. The maximum atomic E-state index is 13.8. The second-order valence-electron chi connectivity index (χ2n) is 10.4. The van der Waals surface area contributed by atoms with Gasteiger partial charge in [0.2, 0.25) is 0 Å². The lowest BCUT2D eigenvalue weighted by Gasteiger charge is -2.22. The van der Waals surface area contributed by atoms with E-state index in [9.17, 15) is 9.59 Å². The molecule has 11 heteroatoms. The van der Waals surface area contributed by atoms with Crippen LogP contribution in [-0.4, -0.2) is 80.3 Å². The molecule has 232 valence electrons. The maximum Gasteiger partial charge on any atom is 0.197 e. The molecule has 0 amide bonds. The van der Waals surface area contributed by atoms with Crippen LogP contribution in [0.1, 0.15) is 19.3 Å². The summed E-state index contributed by atoms with van der Waals surface area (Å²) >= 11 is 0. The average Bonchev–Trinajstić information content (AvgIpc) is 3.07. The lowest BCUT2D eigenvalue weighted by Crippen LogP contribution is -2.25. The number of para-hydroxylation sites is 2. The summed E-state index contributed by atoms with van der Waals surface area (Å²) in [6.45, 7) is 2.58. The van der Waals surface area contributed by atoms with E-state index in [1.807, 2.05) is 18.2 Å². The van der Waals surface area contributed by atoms with Crippen molar-refractivity contribution in [2.45, 2.75) is 25.6 Å². The van der Waals surface area contributed by atoms with E-state index in [1.54, 1.807) is 51.9 Å². The van der Waals surface area contributed by atoms with E-state index in [1.165, 1.54) is 0 Å². The Morgan fingerprint density at radius 3 is 1.75 bits per heavy atom. The third-order valence-corrected chi connectivity index (χ3v) is 7.58. The zero-order valence-corrected chi connectivity index (χ0v) is 24.4. The summed E-state index contributed by atoms with van der Waals surface area (Å²) in [5.74, 6) is 0. The third-order valence-electron chi connectivity index (χ3n) is 7.58. The van der Waals surface area contributed by atoms with Gasteiger partial charge in [0.15, 0.2) is 17.1 Å². The van der Waals surface area contributed by atoms with Crippen molar-refractivity contribution in [2.24, 2.45) is 0 Å². The molecule has 1 aliphatic rings. The Kier molecular flexibility index (Phi) is 9.69. The number of ether oxygens (including phenoxy) is 4. The molecular formula is C33H36N2O9. The summed E-state index contributed by atoms with van der Waals surface area (Å²) in [6.07, 6.45) is 2.91. The molecule has 1 atom stereocenters. The van der Waals surface area contributed by atoms with Crippen LogP contribution in [0.2, 0.25) is 0 Å². The standard InChI is InChI=1S/C33H36N2O9/c36-12-14-39-16-19-43-34-27-9-3-1-7-23(27)32(37)25-22-30-26(21-29(25)34)33(38)24-8-2-4-10-28(24)35(30)44-20-17-40-15-18-42-31-11-5-6-13-41-31/h1-4,7-10,21-22,31,36H,5-6,11-20H2. The lowest BCUT2D eigenvalue weighted by molar-refractivity contribution is -0.169. The fourth-order valence-corrected chi connectivity index (χ4v) is 5.51. The number of rotatable bonds is 14. The van der Waals surface area contributed by atoms with E-state index in [4.69, 9.17) is 33.7 Å². The maximum absolute atomic E-state index is 13.8. The second-order valence-corrected chi connectivity index (χ2v) is 10.4. The van der Waals surface area contributed by atoms with Crippen molar-refractivity contribution in [3.05, 3.63) is 81.1 Å². The van der Waals surface area contributed by atoms with E-state index >= 15 is 0 Å². The van der Waals surface area contributed by atoms with E-state index < -0.39 is 0 Å². The zero-order chi connectivity index (χ0) is 30.3. The molecule has 2 aromatic heterocycles. The van der Waals surface area contributed by atoms with Crippen LogP contribution in [0.15, 0.2) is 70.3 Å². The minimum absolute atomic E-state index is 0.0887. The monoisotopic (exact) mass is 604 g/mol. The van der Waals surface area contributed by atoms with E-state index in [0.29, 0.717) is 63.4 Å². The highest BCUT2D eigenvalue weighted by Crippen LogP contribution is 2.25. The lowest BCUT2D eigenvalue weighted by atomic mass is 10.1. The Balaban J connectivity index is 1.33. The van der Waals surface area contributed by atoms with Crippen molar-refractivity contribution in [3.8, 4) is 0 Å². The molecule has 3 aromatic carbocycles. The van der Waals surface area contributed by atoms with Crippen LogP contribution >= 0.6 is 0 Å². The fraction of sp³-hybridized carbons (Fsp3) is 0.394. The number of pyridine rings is 2. The molecule has 1 N–H and O–H groups in total. The van der Waals surface area contributed by atoms with Gasteiger partial charge in [-0.05, 0) is 55.7 Å². The summed E-state index contributed by atoms with van der Waals surface area (Å²) < 4.78 is 25.6. The summed E-state index contributed by atoms with van der Waals surface area (Å²) in [6, 6.07) is 17.7. The number of hydrogen-bond acceptors (Lipinski definition) is 9. The van der Waals surface area contributed by atoms with E-state index in [0.717, 1.165) is 25.9 Å². The second kappa shape index (κ2) is 14.2. The number of benzene rings is 3. The van der Waals surface area contributed by atoms with Gasteiger partial charge in [0.1, 0.15) is 13.2 Å². The quantitative estimate of drug-likeness (QED) is 0.151. The van der Waals surface area contributed by atoms with Crippen LogP contribution in [0.25, 0.3) is 43.6 Å². The molecule has 6 rings (SSSR count). The van der Waals surface area contributed by atoms with Gasteiger partial charge in [0, 0.05) is 17.4 Å². The molecule has 1 unspecified atom stereocenters. The minimum Gasteiger partial charge on any atom is -0.411 e. The summed E-state index contributed by atoms with van der Waals surface area (Å²) in [4.78, 5) is 39.8. The van der Waals surface area contributed by atoms with Crippen molar-refractivity contribution in [1.29, 1.82) is 0 Å². The number of nitrogens with zero attached hydrogens (tertiary/aromatic N) is 2. The molecule has 0 aliphatic carbocycles. The first-order chi connectivity index (χ1) is 21.7. The topological polar surface area (TPSA) is 120 Å². The number of aliphatic hydroxyl groups excluding tert-OH is 1. The molecular weight excluding hydrogens is 568 g/mol. The first-order valence-electron chi connectivity index (χ1n) is 15.0. The minimum atomic E-state index is -0.189. The Morgan fingerprint density at radius 2 is 1.20 bits per heavy atom. The normalized spacial score (nSPS) is 15.4.